The van der Waals surface area contributed by atoms with Crippen LogP contribution in [0.2, 0.25) is 0 Å². The molecule has 2 aromatic carbocycles. The molecule has 0 unspecified atom stereocenters. The maximum absolute atomic E-state index is 12.4. The Hall–Kier alpha value is -2.53. The molecule has 2 aromatic rings. The normalized spacial score (nSPS) is 10.2. The third-order valence-corrected chi connectivity index (χ3v) is 3.25. The van der Waals surface area contributed by atoms with Crippen LogP contribution < -0.4 is 9.47 Å². The van der Waals surface area contributed by atoms with Crippen molar-refractivity contribution in [2.24, 2.45) is 0 Å². The van der Waals surface area contributed by atoms with Crippen LogP contribution in [0.4, 0.5) is 0 Å². The largest absolute Gasteiger partial charge is 0.496 e. The van der Waals surface area contributed by atoms with Gasteiger partial charge in [-0.1, -0.05) is 30.3 Å². The molecular weight excluding hydrogens is 296 g/mol. The quantitative estimate of drug-likeness (QED) is 0.579. The van der Waals surface area contributed by atoms with Crippen molar-refractivity contribution in [2.75, 3.05) is 21.0 Å². The van der Waals surface area contributed by atoms with Crippen molar-refractivity contribution < 1.29 is 23.7 Å². The Morgan fingerprint density at radius 3 is 2.48 bits per heavy atom. The zero-order valence-corrected chi connectivity index (χ0v) is 13.5. The molecule has 0 amide bonds. The first-order valence-corrected chi connectivity index (χ1v) is 7.17. The number of rotatable bonds is 7. The van der Waals surface area contributed by atoms with E-state index in [1.54, 1.807) is 26.2 Å². The molecule has 0 fully saturated rings. The lowest BCUT2D eigenvalue weighted by molar-refractivity contribution is 0.0465. The highest BCUT2D eigenvalue weighted by Crippen LogP contribution is 2.29. The van der Waals surface area contributed by atoms with Gasteiger partial charge in [0.05, 0.1) is 7.11 Å². The van der Waals surface area contributed by atoms with Crippen molar-refractivity contribution in [1.29, 1.82) is 0 Å². The summed E-state index contributed by atoms with van der Waals surface area (Å²) in [6.45, 7) is 2.14. The molecular formula is C18H20O5. The molecule has 0 aromatic heterocycles. The van der Waals surface area contributed by atoms with Gasteiger partial charge in [0.2, 0.25) is 0 Å². The highest BCUT2D eigenvalue weighted by molar-refractivity contribution is 5.94. The summed E-state index contributed by atoms with van der Waals surface area (Å²) in [7, 11) is 3.04. The number of carbonyl (C=O) groups excluding carboxylic acids is 1. The van der Waals surface area contributed by atoms with Crippen molar-refractivity contribution in [3.8, 4) is 11.5 Å². The maximum atomic E-state index is 12.4. The van der Waals surface area contributed by atoms with Gasteiger partial charge in [-0.15, -0.1) is 0 Å². The Kier molecular flexibility index (Phi) is 6.00. The second-order valence-electron chi connectivity index (χ2n) is 4.93. The average Bonchev–Trinajstić information content (AvgIpc) is 2.58. The number of hydrogen-bond donors (Lipinski definition) is 0. The summed E-state index contributed by atoms with van der Waals surface area (Å²) < 4.78 is 20.9. The van der Waals surface area contributed by atoms with Gasteiger partial charge >= 0.3 is 5.97 Å². The third kappa shape index (κ3) is 4.47. The van der Waals surface area contributed by atoms with Crippen LogP contribution >= 0.6 is 0 Å². The summed E-state index contributed by atoms with van der Waals surface area (Å²) in [5, 5.41) is 0. The van der Waals surface area contributed by atoms with E-state index in [9.17, 15) is 4.79 Å². The van der Waals surface area contributed by atoms with Gasteiger partial charge in [0.25, 0.3) is 0 Å². The minimum atomic E-state index is -0.429. The minimum Gasteiger partial charge on any atom is -0.496 e. The predicted molar refractivity (Wildman–Crippen MR) is 85.8 cm³/mol. The van der Waals surface area contributed by atoms with Crippen LogP contribution in [0.15, 0.2) is 42.5 Å². The van der Waals surface area contributed by atoms with Crippen LogP contribution in [-0.4, -0.2) is 27.0 Å². The smallest absolute Gasteiger partial charge is 0.342 e. The van der Waals surface area contributed by atoms with Crippen LogP contribution in [0.5, 0.6) is 11.5 Å². The molecule has 0 N–H and O–H groups in total. The second-order valence-corrected chi connectivity index (χ2v) is 4.93. The molecule has 5 nitrogen and oxygen atoms in total. The Morgan fingerprint density at radius 2 is 1.83 bits per heavy atom. The number of ether oxygens (including phenoxy) is 4. The lowest BCUT2D eigenvalue weighted by Crippen LogP contribution is -2.10. The molecule has 0 heterocycles. The van der Waals surface area contributed by atoms with Crippen LogP contribution in [0, 0.1) is 6.92 Å². The lowest BCUT2D eigenvalue weighted by atomic mass is 10.1. The fourth-order valence-electron chi connectivity index (χ4n) is 2.15. The molecule has 0 saturated heterocycles. The Morgan fingerprint density at radius 1 is 1.09 bits per heavy atom. The monoisotopic (exact) mass is 316 g/mol. The molecule has 0 spiro atoms. The highest BCUT2D eigenvalue weighted by atomic mass is 16.7. The summed E-state index contributed by atoms with van der Waals surface area (Å²) >= 11 is 0. The van der Waals surface area contributed by atoms with Crippen molar-refractivity contribution in [3.63, 3.8) is 0 Å². The summed E-state index contributed by atoms with van der Waals surface area (Å²) in [6.07, 6.45) is 0. The SMILES string of the molecule is COCOc1cc(C)c(C(=O)OCc2ccccc2)c(OC)c1. The molecule has 0 bridgehead atoms. The van der Waals surface area contributed by atoms with Crippen LogP contribution in [0.1, 0.15) is 21.5 Å². The number of esters is 1. The summed E-state index contributed by atoms with van der Waals surface area (Å²) in [4.78, 5) is 12.4. The zero-order chi connectivity index (χ0) is 16.7. The standard InChI is InChI=1S/C18H20O5/c1-13-9-15(23-12-20-2)10-16(21-3)17(13)18(19)22-11-14-7-5-4-6-8-14/h4-10H,11-12H2,1-3H3. The third-order valence-electron chi connectivity index (χ3n) is 3.25. The van der Waals surface area contributed by atoms with Gasteiger partial charge in [0, 0.05) is 13.2 Å². The van der Waals surface area contributed by atoms with Crippen LogP contribution in [0.25, 0.3) is 0 Å². The predicted octanol–water partition coefficient (Wildman–Crippen LogP) is 3.34. The molecule has 0 aliphatic heterocycles. The van der Waals surface area contributed by atoms with E-state index in [0.29, 0.717) is 22.6 Å². The number of carbonyl (C=O) groups is 1. The first kappa shape index (κ1) is 16.8. The summed E-state index contributed by atoms with van der Waals surface area (Å²) in [5.41, 5.74) is 2.04. The van der Waals surface area contributed by atoms with Crippen LogP contribution in [-0.2, 0) is 16.1 Å². The van der Waals surface area contributed by atoms with Crippen molar-refractivity contribution in [2.45, 2.75) is 13.5 Å². The molecule has 0 radical (unpaired) electrons. The Balaban J connectivity index is 2.15. The summed E-state index contributed by atoms with van der Waals surface area (Å²) in [5.74, 6) is 0.552. The van der Waals surface area contributed by atoms with Crippen molar-refractivity contribution in [1.82, 2.24) is 0 Å². The topological polar surface area (TPSA) is 54.0 Å². The first-order valence-electron chi connectivity index (χ1n) is 7.17. The van der Waals surface area contributed by atoms with E-state index in [4.69, 9.17) is 18.9 Å². The Labute approximate surface area is 135 Å². The van der Waals surface area contributed by atoms with E-state index in [1.165, 1.54) is 7.11 Å². The van der Waals surface area contributed by atoms with Gasteiger partial charge in [-0.2, -0.15) is 0 Å². The fraction of sp³-hybridized carbons (Fsp3) is 0.278. The molecule has 0 aliphatic rings. The van der Waals surface area contributed by atoms with E-state index in [0.717, 1.165) is 5.56 Å². The van der Waals surface area contributed by atoms with Gasteiger partial charge in [0.15, 0.2) is 6.79 Å². The lowest BCUT2D eigenvalue weighted by Gasteiger charge is -2.14. The van der Waals surface area contributed by atoms with Gasteiger partial charge < -0.3 is 18.9 Å². The number of benzene rings is 2. The van der Waals surface area contributed by atoms with E-state index in [2.05, 4.69) is 0 Å². The zero-order valence-electron chi connectivity index (χ0n) is 13.5. The Bertz CT molecular complexity index is 652. The van der Waals surface area contributed by atoms with E-state index in [1.807, 2.05) is 30.3 Å². The molecule has 2 rings (SSSR count). The molecule has 23 heavy (non-hydrogen) atoms. The maximum Gasteiger partial charge on any atom is 0.342 e. The fourth-order valence-corrected chi connectivity index (χ4v) is 2.15. The van der Waals surface area contributed by atoms with Crippen molar-refractivity contribution in [3.05, 3.63) is 59.2 Å². The molecule has 0 saturated carbocycles. The minimum absolute atomic E-state index is 0.125. The molecule has 5 heteroatoms. The van der Waals surface area contributed by atoms with Gasteiger partial charge in [-0.05, 0) is 24.1 Å². The van der Waals surface area contributed by atoms with Crippen LogP contribution in [0.3, 0.4) is 0 Å². The molecule has 0 aliphatic carbocycles. The van der Waals surface area contributed by atoms with E-state index in [-0.39, 0.29) is 13.4 Å². The number of methoxy groups -OCH3 is 2. The number of hydrogen-bond acceptors (Lipinski definition) is 5. The molecule has 122 valence electrons. The number of aryl methyl sites for hydroxylation is 1. The average molecular weight is 316 g/mol. The van der Waals surface area contributed by atoms with E-state index < -0.39 is 5.97 Å². The van der Waals surface area contributed by atoms with E-state index >= 15 is 0 Å². The summed E-state index contributed by atoms with van der Waals surface area (Å²) in [6, 6.07) is 12.9. The van der Waals surface area contributed by atoms with Gasteiger partial charge in [0.1, 0.15) is 23.7 Å². The highest BCUT2D eigenvalue weighted by Gasteiger charge is 2.18. The van der Waals surface area contributed by atoms with Gasteiger partial charge in [-0.3, -0.25) is 0 Å². The first-order chi connectivity index (χ1) is 11.2. The second kappa shape index (κ2) is 8.19. The van der Waals surface area contributed by atoms with Gasteiger partial charge in [-0.25, -0.2) is 4.79 Å². The van der Waals surface area contributed by atoms with Crippen molar-refractivity contribution >= 4 is 5.97 Å². The molecule has 0 atom stereocenters.